The summed E-state index contributed by atoms with van der Waals surface area (Å²) in [7, 11) is 1.43. The van der Waals surface area contributed by atoms with E-state index in [2.05, 4.69) is 28.8 Å². The van der Waals surface area contributed by atoms with Crippen molar-refractivity contribution in [2.24, 2.45) is 0 Å². The van der Waals surface area contributed by atoms with Crippen LogP contribution in [0.15, 0.2) is 0 Å². The molecule has 4 heteroatoms. The van der Waals surface area contributed by atoms with Crippen LogP contribution in [0, 0.1) is 0 Å². The van der Waals surface area contributed by atoms with Crippen molar-refractivity contribution in [2.75, 3.05) is 26.7 Å². The molecule has 0 saturated carbocycles. The van der Waals surface area contributed by atoms with Gasteiger partial charge in [0, 0.05) is 25.2 Å². The van der Waals surface area contributed by atoms with Crippen molar-refractivity contribution < 1.29 is 9.53 Å². The fourth-order valence-corrected chi connectivity index (χ4v) is 1.55. The number of esters is 1. The molecule has 2 unspecified atom stereocenters. The van der Waals surface area contributed by atoms with Crippen LogP contribution < -0.4 is 5.32 Å². The van der Waals surface area contributed by atoms with Gasteiger partial charge < -0.3 is 10.1 Å². The summed E-state index contributed by atoms with van der Waals surface area (Å²) in [6.07, 6.45) is 0. The second kappa shape index (κ2) is 4.58. The minimum atomic E-state index is -0.152. The first kappa shape index (κ1) is 10.5. The fourth-order valence-electron chi connectivity index (χ4n) is 1.55. The molecule has 1 heterocycles. The Balaban J connectivity index is 2.41. The molecule has 0 aliphatic carbocycles. The van der Waals surface area contributed by atoms with Crippen LogP contribution in [0.2, 0.25) is 0 Å². The highest BCUT2D eigenvalue weighted by Gasteiger charge is 2.23. The van der Waals surface area contributed by atoms with Crippen LogP contribution >= 0.6 is 0 Å². The zero-order chi connectivity index (χ0) is 9.84. The largest absolute Gasteiger partial charge is 0.468 e. The number of rotatable bonds is 2. The lowest BCUT2D eigenvalue weighted by atomic mass is 10.1. The van der Waals surface area contributed by atoms with E-state index in [0.717, 1.165) is 13.1 Å². The summed E-state index contributed by atoms with van der Waals surface area (Å²) in [6, 6.07) is 0.871. The highest BCUT2D eigenvalue weighted by Crippen LogP contribution is 2.05. The van der Waals surface area contributed by atoms with E-state index in [0.29, 0.717) is 18.6 Å². The van der Waals surface area contributed by atoms with E-state index in [-0.39, 0.29) is 5.97 Å². The maximum absolute atomic E-state index is 11.0. The topological polar surface area (TPSA) is 41.6 Å². The Morgan fingerprint density at radius 2 is 2.31 bits per heavy atom. The lowest BCUT2D eigenvalue weighted by Crippen LogP contribution is -2.55. The van der Waals surface area contributed by atoms with Crippen molar-refractivity contribution in [1.29, 1.82) is 0 Å². The summed E-state index contributed by atoms with van der Waals surface area (Å²) in [6.45, 7) is 6.50. The van der Waals surface area contributed by atoms with Crippen molar-refractivity contribution in [3.63, 3.8) is 0 Å². The fraction of sp³-hybridized carbons (Fsp3) is 0.889. The highest BCUT2D eigenvalue weighted by atomic mass is 16.5. The Labute approximate surface area is 79.2 Å². The van der Waals surface area contributed by atoms with Gasteiger partial charge in [-0.25, -0.2) is 0 Å². The van der Waals surface area contributed by atoms with Crippen LogP contribution in [-0.4, -0.2) is 49.7 Å². The quantitative estimate of drug-likeness (QED) is 0.609. The number of nitrogens with one attached hydrogen (secondary N) is 1. The highest BCUT2D eigenvalue weighted by molar-refractivity contribution is 5.71. The third-order valence-corrected chi connectivity index (χ3v) is 2.45. The average molecular weight is 186 g/mol. The molecule has 0 radical (unpaired) electrons. The standard InChI is InChI=1S/C9H18N2O2/c1-7-5-11(6-9(12)13-3)8(2)4-10-7/h7-8,10H,4-6H2,1-3H3. The van der Waals surface area contributed by atoms with E-state index < -0.39 is 0 Å². The van der Waals surface area contributed by atoms with Crippen LogP contribution in [0.1, 0.15) is 13.8 Å². The molecule has 4 nitrogen and oxygen atoms in total. The van der Waals surface area contributed by atoms with Gasteiger partial charge >= 0.3 is 5.97 Å². The van der Waals surface area contributed by atoms with E-state index >= 15 is 0 Å². The minimum Gasteiger partial charge on any atom is -0.468 e. The molecule has 1 fully saturated rings. The molecule has 0 aromatic rings. The molecule has 0 amide bonds. The minimum absolute atomic E-state index is 0.152. The number of hydrogen-bond acceptors (Lipinski definition) is 4. The molecule has 1 rings (SSSR count). The Kier molecular flexibility index (Phi) is 3.69. The van der Waals surface area contributed by atoms with Crippen molar-refractivity contribution in [3.05, 3.63) is 0 Å². The summed E-state index contributed by atoms with van der Waals surface area (Å²) in [5.74, 6) is -0.152. The zero-order valence-electron chi connectivity index (χ0n) is 8.54. The van der Waals surface area contributed by atoms with Crippen molar-refractivity contribution >= 4 is 5.97 Å². The number of piperazine rings is 1. The van der Waals surface area contributed by atoms with Gasteiger partial charge in [0.15, 0.2) is 0 Å². The van der Waals surface area contributed by atoms with E-state index in [1.54, 1.807) is 0 Å². The van der Waals surface area contributed by atoms with Crippen LogP contribution in [0.4, 0.5) is 0 Å². The smallest absolute Gasteiger partial charge is 0.319 e. The predicted octanol–water partition coefficient (Wildman–Crippen LogP) is -0.158. The zero-order valence-corrected chi connectivity index (χ0v) is 8.54. The van der Waals surface area contributed by atoms with E-state index in [9.17, 15) is 4.79 Å². The SMILES string of the molecule is COC(=O)CN1CC(C)NCC1C. The number of nitrogens with zero attached hydrogens (tertiary/aromatic N) is 1. The monoisotopic (exact) mass is 186 g/mol. The first-order valence-corrected chi connectivity index (χ1v) is 4.67. The molecular formula is C9H18N2O2. The number of methoxy groups -OCH3 is 1. The molecule has 1 aliphatic rings. The van der Waals surface area contributed by atoms with Crippen LogP contribution in [0.25, 0.3) is 0 Å². The molecule has 0 aromatic heterocycles. The Morgan fingerprint density at radius 1 is 1.62 bits per heavy atom. The van der Waals surface area contributed by atoms with E-state index in [1.165, 1.54) is 7.11 Å². The number of hydrogen-bond donors (Lipinski definition) is 1. The molecule has 2 atom stereocenters. The molecule has 0 spiro atoms. The van der Waals surface area contributed by atoms with Crippen molar-refractivity contribution in [2.45, 2.75) is 25.9 Å². The van der Waals surface area contributed by atoms with Gasteiger partial charge in [-0.15, -0.1) is 0 Å². The van der Waals surface area contributed by atoms with Crippen molar-refractivity contribution in [3.8, 4) is 0 Å². The molecule has 13 heavy (non-hydrogen) atoms. The molecule has 1 saturated heterocycles. The summed E-state index contributed by atoms with van der Waals surface area (Å²) >= 11 is 0. The molecule has 1 aliphatic heterocycles. The normalized spacial score (nSPS) is 30.1. The lowest BCUT2D eigenvalue weighted by molar-refractivity contribution is -0.142. The van der Waals surface area contributed by atoms with Gasteiger partial charge in [-0.1, -0.05) is 0 Å². The van der Waals surface area contributed by atoms with Gasteiger partial charge in [-0.3, -0.25) is 9.69 Å². The van der Waals surface area contributed by atoms with Gasteiger partial charge in [-0.2, -0.15) is 0 Å². The number of ether oxygens (including phenoxy) is 1. The Morgan fingerprint density at radius 3 is 2.92 bits per heavy atom. The summed E-state index contributed by atoms with van der Waals surface area (Å²) in [5.41, 5.74) is 0. The number of carbonyl (C=O) groups is 1. The van der Waals surface area contributed by atoms with Gasteiger partial charge in [0.2, 0.25) is 0 Å². The molecule has 1 N–H and O–H groups in total. The Bertz CT molecular complexity index is 184. The van der Waals surface area contributed by atoms with Crippen molar-refractivity contribution in [1.82, 2.24) is 10.2 Å². The summed E-state index contributed by atoms with van der Waals surface area (Å²) in [5, 5.41) is 3.36. The molecule has 76 valence electrons. The van der Waals surface area contributed by atoms with E-state index in [1.807, 2.05) is 0 Å². The first-order chi connectivity index (χ1) is 6.13. The lowest BCUT2D eigenvalue weighted by Gasteiger charge is -2.36. The second-order valence-corrected chi connectivity index (χ2v) is 3.66. The third-order valence-electron chi connectivity index (χ3n) is 2.45. The van der Waals surface area contributed by atoms with Crippen LogP contribution in [0.5, 0.6) is 0 Å². The maximum Gasteiger partial charge on any atom is 0.319 e. The van der Waals surface area contributed by atoms with Gasteiger partial charge in [0.1, 0.15) is 0 Å². The second-order valence-electron chi connectivity index (χ2n) is 3.66. The van der Waals surface area contributed by atoms with Gasteiger partial charge in [0.25, 0.3) is 0 Å². The van der Waals surface area contributed by atoms with Gasteiger partial charge in [-0.05, 0) is 13.8 Å². The molecule has 0 bridgehead atoms. The van der Waals surface area contributed by atoms with Crippen LogP contribution in [-0.2, 0) is 9.53 Å². The molecular weight excluding hydrogens is 168 g/mol. The van der Waals surface area contributed by atoms with Crippen LogP contribution in [0.3, 0.4) is 0 Å². The summed E-state index contributed by atoms with van der Waals surface area (Å²) < 4.78 is 4.64. The predicted molar refractivity (Wildman–Crippen MR) is 50.5 cm³/mol. The number of carbonyl (C=O) groups excluding carboxylic acids is 1. The summed E-state index contributed by atoms with van der Waals surface area (Å²) in [4.78, 5) is 13.2. The Hall–Kier alpha value is -0.610. The molecule has 0 aromatic carbocycles. The maximum atomic E-state index is 11.0. The van der Waals surface area contributed by atoms with E-state index in [4.69, 9.17) is 0 Å². The first-order valence-electron chi connectivity index (χ1n) is 4.67. The third kappa shape index (κ3) is 2.97. The average Bonchev–Trinajstić information content (AvgIpc) is 2.11. The van der Waals surface area contributed by atoms with Gasteiger partial charge in [0.05, 0.1) is 13.7 Å².